The van der Waals surface area contributed by atoms with Crippen LogP contribution in [0.15, 0.2) is 24.4 Å². The van der Waals surface area contributed by atoms with Gasteiger partial charge in [0.2, 0.25) is 0 Å². The molecule has 0 saturated heterocycles. The van der Waals surface area contributed by atoms with E-state index in [2.05, 4.69) is 12.7 Å². The molecular weight excluding hydrogens is 244 g/mol. The molecule has 1 aliphatic heterocycles. The summed E-state index contributed by atoms with van der Waals surface area (Å²) in [4.78, 5) is 15.1. The molecular formula is C10H17BrN2O. The lowest BCUT2D eigenvalue weighted by molar-refractivity contribution is 0.164. The molecule has 4 heteroatoms. The summed E-state index contributed by atoms with van der Waals surface area (Å²) in [5.74, 6) is 0. The van der Waals surface area contributed by atoms with Crippen molar-refractivity contribution < 1.29 is 4.79 Å². The number of halogens is 1. The lowest BCUT2D eigenvalue weighted by Crippen LogP contribution is -2.47. The van der Waals surface area contributed by atoms with Crippen LogP contribution < -0.4 is 0 Å². The van der Waals surface area contributed by atoms with Gasteiger partial charge in [-0.1, -0.05) is 6.08 Å². The van der Waals surface area contributed by atoms with Gasteiger partial charge in [0, 0.05) is 19.3 Å². The van der Waals surface area contributed by atoms with E-state index < -0.39 is 0 Å². The topological polar surface area (TPSA) is 23.6 Å². The van der Waals surface area contributed by atoms with Crippen molar-refractivity contribution in [1.82, 2.24) is 9.80 Å². The summed E-state index contributed by atoms with van der Waals surface area (Å²) in [6.07, 6.45) is 3.81. The van der Waals surface area contributed by atoms with Gasteiger partial charge in [-0.05, 0) is 19.9 Å². The second-order valence-corrected chi connectivity index (χ2v) is 3.34. The monoisotopic (exact) mass is 260 g/mol. The van der Waals surface area contributed by atoms with E-state index in [1.807, 2.05) is 20.9 Å². The van der Waals surface area contributed by atoms with Crippen LogP contribution in [-0.4, -0.2) is 35.5 Å². The molecule has 0 aromatic rings. The Hall–Kier alpha value is -0.770. The number of amides is 2. The van der Waals surface area contributed by atoms with Crippen LogP contribution in [0.25, 0.3) is 0 Å². The van der Waals surface area contributed by atoms with E-state index in [4.69, 9.17) is 0 Å². The molecule has 0 radical (unpaired) electrons. The number of carbonyl (C=O) groups excluding carboxylic acids is 1. The van der Waals surface area contributed by atoms with E-state index in [0.717, 1.165) is 5.70 Å². The molecule has 0 bridgehead atoms. The molecule has 0 N–H and O–H groups in total. The van der Waals surface area contributed by atoms with Crippen molar-refractivity contribution in [1.29, 1.82) is 0 Å². The summed E-state index contributed by atoms with van der Waals surface area (Å²) < 4.78 is 0. The van der Waals surface area contributed by atoms with Gasteiger partial charge in [0.05, 0.1) is 6.04 Å². The fourth-order valence-corrected chi connectivity index (χ4v) is 1.42. The smallest absolute Gasteiger partial charge is 0.321 e. The van der Waals surface area contributed by atoms with Crippen molar-refractivity contribution >= 4 is 23.0 Å². The molecule has 0 saturated carbocycles. The summed E-state index contributed by atoms with van der Waals surface area (Å²) in [6, 6.07) is 0.237. The second kappa shape index (κ2) is 5.20. The van der Waals surface area contributed by atoms with Gasteiger partial charge in [0.1, 0.15) is 0 Å². The molecule has 1 unspecified atom stereocenters. The highest BCUT2D eigenvalue weighted by molar-refractivity contribution is 8.93. The minimum Gasteiger partial charge on any atom is -0.321 e. The third-order valence-electron chi connectivity index (χ3n) is 2.36. The van der Waals surface area contributed by atoms with Gasteiger partial charge in [-0.3, -0.25) is 4.90 Å². The number of allylic oxidation sites excluding steroid dienone is 1. The van der Waals surface area contributed by atoms with Crippen LogP contribution in [0.1, 0.15) is 13.8 Å². The number of hydrogen-bond donors (Lipinski definition) is 0. The number of hydrogen-bond acceptors (Lipinski definition) is 1. The van der Waals surface area contributed by atoms with Crippen molar-refractivity contribution in [3.05, 3.63) is 24.4 Å². The summed E-state index contributed by atoms with van der Waals surface area (Å²) in [5, 5.41) is 0. The van der Waals surface area contributed by atoms with Crippen molar-refractivity contribution in [2.45, 2.75) is 19.9 Å². The summed E-state index contributed by atoms with van der Waals surface area (Å²) in [5.41, 5.74) is 1.01. The highest BCUT2D eigenvalue weighted by atomic mass is 79.9. The summed E-state index contributed by atoms with van der Waals surface area (Å²) >= 11 is 0. The largest absolute Gasteiger partial charge is 0.324 e. The molecule has 0 aromatic heterocycles. The second-order valence-electron chi connectivity index (χ2n) is 3.34. The average Bonchev–Trinajstić information content (AvgIpc) is 2.09. The molecule has 0 fully saturated rings. The molecule has 1 aliphatic rings. The van der Waals surface area contributed by atoms with E-state index in [1.165, 1.54) is 0 Å². The van der Waals surface area contributed by atoms with Crippen molar-refractivity contribution in [3.63, 3.8) is 0 Å². The average molecular weight is 261 g/mol. The molecule has 2 amide bonds. The zero-order valence-electron chi connectivity index (χ0n) is 8.86. The maximum absolute atomic E-state index is 11.7. The van der Waals surface area contributed by atoms with E-state index in [-0.39, 0.29) is 29.1 Å². The van der Waals surface area contributed by atoms with Gasteiger partial charge in [0.15, 0.2) is 0 Å². The standard InChI is InChI=1S/C10H16N2O.BrH/c1-5-6-12-9(3)7-8(2)11(4)10(12)13;/h5,7-8H,1,6H2,2-4H3;1H. The lowest BCUT2D eigenvalue weighted by atomic mass is 10.2. The highest BCUT2D eigenvalue weighted by Crippen LogP contribution is 2.17. The van der Waals surface area contributed by atoms with Crippen LogP contribution in [0.2, 0.25) is 0 Å². The Morgan fingerprint density at radius 1 is 1.64 bits per heavy atom. The van der Waals surface area contributed by atoms with Crippen LogP contribution in [-0.2, 0) is 0 Å². The summed E-state index contributed by atoms with van der Waals surface area (Å²) in [6.45, 7) is 8.17. The first-order valence-electron chi connectivity index (χ1n) is 4.41. The number of rotatable bonds is 2. The number of carbonyl (C=O) groups is 1. The van der Waals surface area contributed by atoms with Gasteiger partial charge >= 0.3 is 6.03 Å². The fraction of sp³-hybridized carbons (Fsp3) is 0.500. The van der Waals surface area contributed by atoms with E-state index >= 15 is 0 Å². The lowest BCUT2D eigenvalue weighted by Gasteiger charge is -2.35. The van der Waals surface area contributed by atoms with Gasteiger partial charge in [-0.25, -0.2) is 4.79 Å². The Labute approximate surface area is 95.8 Å². The third-order valence-corrected chi connectivity index (χ3v) is 2.36. The minimum atomic E-state index is 0. The van der Waals surface area contributed by atoms with Crippen LogP contribution in [0.4, 0.5) is 4.79 Å². The molecule has 1 heterocycles. The zero-order valence-corrected chi connectivity index (χ0v) is 10.6. The maximum atomic E-state index is 11.7. The number of nitrogens with zero attached hydrogens (tertiary/aromatic N) is 2. The minimum absolute atomic E-state index is 0. The molecule has 0 aliphatic carbocycles. The number of urea groups is 1. The Kier molecular flexibility index (Phi) is 4.91. The fourth-order valence-electron chi connectivity index (χ4n) is 1.42. The molecule has 80 valence electrons. The first-order chi connectivity index (χ1) is 6.07. The molecule has 3 nitrogen and oxygen atoms in total. The predicted molar refractivity (Wildman–Crippen MR) is 63.6 cm³/mol. The molecule has 14 heavy (non-hydrogen) atoms. The van der Waals surface area contributed by atoms with Gasteiger partial charge in [-0.2, -0.15) is 0 Å². The predicted octanol–water partition coefficient (Wildman–Crippen LogP) is 2.41. The quantitative estimate of drug-likeness (QED) is 0.700. The van der Waals surface area contributed by atoms with E-state index in [9.17, 15) is 4.79 Å². The molecule has 1 atom stereocenters. The van der Waals surface area contributed by atoms with Crippen LogP contribution >= 0.6 is 17.0 Å². The Bertz CT molecular complexity index is 263. The molecule has 1 rings (SSSR count). The van der Waals surface area contributed by atoms with Crippen LogP contribution in [0.5, 0.6) is 0 Å². The highest BCUT2D eigenvalue weighted by Gasteiger charge is 2.26. The first-order valence-corrected chi connectivity index (χ1v) is 4.41. The number of likely N-dealkylation sites (N-methyl/N-ethyl adjacent to an activating group) is 1. The zero-order chi connectivity index (χ0) is 10.0. The van der Waals surface area contributed by atoms with Gasteiger partial charge in [0.25, 0.3) is 0 Å². The summed E-state index contributed by atoms with van der Waals surface area (Å²) in [7, 11) is 1.81. The molecule has 0 spiro atoms. The first kappa shape index (κ1) is 13.2. The Morgan fingerprint density at radius 3 is 2.71 bits per heavy atom. The van der Waals surface area contributed by atoms with E-state index in [0.29, 0.717) is 6.54 Å². The molecule has 0 aromatic carbocycles. The van der Waals surface area contributed by atoms with Crippen LogP contribution in [0.3, 0.4) is 0 Å². The van der Waals surface area contributed by atoms with Crippen LogP contribution in [0, 0.1) is 0 Å². The Balaban J connectivity index is 0.00000169. The third kappa shape index (κ3) is 2.38. The maximum Gasteiger partial charge on any atom is 0.324 e. The SMILES string of the molecule is Br.C=CCN1C(=O)N(C)C(C)C=C1C. The van der Waals surface area contributed by atoms with Crippen molar-refractivity contribution in [2.75, 3.05) is 13.6 Å². The Morgan fingerprint density at radius 2 is 2.21 bits per heavy atom. The van der Waals surface area contributed by atoms with Crippen molar-refractivity contribution in [2.24, 2.45) is 0 Å². The van der Waals surface area contributed by atoms with Crippen molar-refractivity contribution in [3.8, 4) is 0 Å². The van der Waals surface area contributed by atoms with Gasteiger partial charge < -0.3 is 4.90 Å². The van der Waals surface area contributed by atoms with Gasteiger partial charge in [-0.15, -0.1) is 23.6 Å². The normalized spacial score (nSPS) is 21.5. The van der Waals surface area contributed by atoms with E-state index in [1.54, 1.807) is 15.9 Å².